The van der Waals surface area contributed by atoms with E-state index in [2.05, 4.69) is 25.4 Å². The average Bonchev–Trinajstić information content (AvgIpc) is 2.43. The van der Waals surface area contributed by atoms with Crippen LogP contribution in [0.4, 0.5) is 5.95 Å². The summed E-state index contributed by atoms with van der Waals surface area (Å²) in [5.74, 6) is -1.05. The van der Waals surface area contributed by atoms with Crippen LogP contribution in [0.25, 0.3) is 0 Å². The van der Waals surface area contributed by atoms with Gasteiger partial charge in [-0.25, -0.2) is 4.79 Å². The molecule has 0 aliphatic rings. The van der Waals surface area contributed by atoms with E-state index in [1.807, 2.05) is 0 Å². The van der Waals surface area contributed by atoms with Crippen LogP contribution >= 0.6 is 0 Å². The van der Waals surface area contributed by atoms with Crippen LogP contribution in [0.1, 0.15) is 21.6 Å². The zero-order valence-electron chi connectivity index (χ0n) is 10.6. The van der Waals surface area contributed by atoms with E-state index in [0.29, 0.717) is 5.56 Å². The summed E-state index contributed by atoms with van der Waals surface area (Å²) in [7, 11) is 0. The summed E-state index contributed by atoms with van der Waals surface area (Å²) in [5.41, 5.74) is 0.529. The lowest BCUT2D eigenvalue weighted by Gasteiger charge is -2.01. The molecule has 2 rings (SSSR count). The Morgan fingerprint density at radius 2 is 2.10 bits per heavy atom. The van der Waals surface area contributed by atoms with Crippen LogP contribution < -0.4 is 5.56 Å². The molecule has 102 valence electrons. The van der Waals surface area contributed by atoms with Crippen molar-refractivity contribution in [2.24, 2.45) is 10.2 Å². The molecular formula is C12H11N5O3. The number of benzene rings is 1. The molecule has 2 aromatic rings. The lowest BCUT2D eigenvalue weighted by atomic mass is 10.1. The second kappa shape index (κ2) is 5.83. The zero-order valence-corrected chi connectivity index (χ0v) is 10.6. The van der Waals surface area contributed by atoms with Crippen molar-refractivity contribution in [3.63, 3.8) is 0 Å². The first-order valence-corrected chi connectivity index (χ1v) is 5.70. The van der Waals surface area contributed by atoms with E-state index in [1.165, 1.54) is 13.0 Å². The van der Waals surface area contributed by atoms with Crippen LogP contribution in [-0.4, -0.2) is 26.3 Å². The Labute approximate surface area is 113 Å². The molecule has 0 unspecified atom stereocenters. The second-order valence-electron chi connectivity index (χ2n) is 3.92. The van der Waals surface area contributed by atoms with Crippen LogP contribution in [0.15, 0.2) is 39.3 Å². The number of carbonyl (C=O) groups is 1. The van der Waals surface area contributed by atoms with E-state index in [-0.39, 0.29) is 29.3 Å². The summed E-state index contributed by atoms with van der Waals surface area (Å²) in [4.78, 5) is 24.7. The molecule has 1 aromatic carbocycles. The Kier molecular flexibility index (Phi) is 3.94. The maximum absolute atomic E-state index is 11.3. The molecule has 8 nitrogen and oxygen atoms in total. The Morgan fingerprint density at radius 1 is 1.35 bits per heavy atom. The third kappa shape index (κ3) is 3.10. The van der Waals surface area contributed by atoms with Gasteiger partial charge in [0.1, 0.15) is 5.69 Å². The van der Waals surface area contributed by atoms with Gasteiger partial charge in [-0.3, -0.25) is 9.78 Å². The molecule has 0 radical (unpaired) electrons. The molecule has 0 bridgehead atoms. The molecule has 0 aliphatic carbocycles. The lowest BCUT2D eigenvalue weighted by Crippen LogP contribution is -2.12. The van der Waals surface area contributed by atoms with Crippen molar-refractivity contribution >= 4 is 11.9 Å². The number of carboxylic acids is 1. The smallest absolute Gasteiger partial charge is 0.336 e. The highest BCUT2D eigenvalue weighted by molar-refractivity contribution is 5.89. The standard InChI is InChI=1S/C12H11N5O3/c1-7-10(18)14-12(17-15-7)16-13-6-8-4-2-3-5-9(8)11(19)20/h2-5H,6H2,1H3,(H,19,20)(H,14,17,18). The van der Waals surface area contributed by atoms with Gasteiger partial charge >= 0.3 is 5.97 Å². The number of aryl methyl sites for hydroxylation is 1. The van der Waals surface area contributed by atoms with Gasteiger partial charge in [0.25, 0.3) is 11.5 Å². The largest absolute Gasteiger partial charge is 0.478 e. The molecule has 2 N–H and O–H groups in total. The molecule has 8 heteroatoms. The van der Waals surface area contributed by atoms with Crippen LogP contribution in [0.3, 0.4) is 0 Å². The van der Waals surface area contributed by atoms with Gasteiger partial charge in [0.2, 0.25) is 0 Å². The number of hydrogen-bond donors (Lipinski definition) is 2. The van der Waals surface area contributed by atoms with E-state index in [1.54, 1.807) is 18.2 Å². The summed E-state index contributed by atoms with van der Waals surface area (Å²) >= 11 is 0. The minimum Gasteiger partial charge on any atom is -0.478 e. The first kappa shape index (κ1) is 13.5. The average molecular weight is 273 g/mol. The summed E-state index contributed by atoms with van der Waals surface area (Å²) in [6, 6.07) is 6.48. The third-order valence-corrected chi connectivity index (χ3v) is 2.50. The highest BCUT2D eigenvalue weighted by Crippen LogP contribution is 2.11. The van der Waals surface area contributed by atoms with Gasteiger partial charge < -0.3 is 5.11 Å². The number of aromatic nitrogens is 3. The monoisotopic (exact) mass is 273 g/mol. The molecule has 0 atom stereocenters. The molecule has 20 heavy (non-hydrogen) atoms. The second-order valence-corrected chi connectivity index (χ2v) is 3.92. The third-order valence-electron chi connectivity index (χ3n) is 2.50. The van der Waals surface area contributed by atoms with E-state index in [9.17, 15) is 9.59 Å². The van der Waals surface area contributed by atoms with Crippen molar-refractivity contribution in [1.82, 2.24) is 15.2 Å². The van der Waals surface area contributed by atoms with Crippen molar-refractivity contribution in [2.45, 2.75) is 13.5 Å². The number of aromatic amines is 1. The molecule has 0 spiro atoms. The predicted molar refractivity (Wildman–Crippen MR) is 69.0 cm³/mol. The van der Waals surface area contributed by atoms with Crippen LogP contribution in [0.5, 0.6) is 0 Å². The quantitative estimate of drug-likeness (QED) is 0.817. The summed E-state index contributed by atoms with van der Waals surface area (Å²) in [5, 5.41) is 23.8. The number of nitrogens with one attached hydrogen (secondary N) is 1. The van der Waals surface area contributed by atoms with Gasteiger partial charge in [-0.1, -0.05) is 18.2 Å². The van der Waals surface area contributed by atoms with Gasteiger partial charge in [0.15, 0.2) is 0 Å². The van der Waals surface area contributed by atoms with Gasteiger partial charge in [-0.2, -0.15) is 5.11 Å². The zero-order chi connectivity index (χ0) is 14.5. The molecule has 0 fully saturated rings. The number of aromatic carboxylic acids is 1. The summed E-state index contributed by atoms with van der Waals surface area (Å²) < 4.78 is 0. The fraction of sp³-hybridized carbons (Fsp3) is 0.167. The van der Waals surface area contributed by atoms with E-state index < -0.39 is 5.97 Å². The molecule has 1 aromatic heterocycles. The highest BCUT2D eigenvalue weighted by Gasteiger charge is 2.08. The molecular weight excluding hydrogens is 262 g/mol. The van der Waals surface area contributed by atoms with Crippen molar-refractivity contribution < 1.29 is 9.90 Å². The number of azo groups is 1. The first-order chi connectivity index (χ1) is 9.58. The maximum Gasteiger partial charge on any atom is 0.336 e. The number of H-pyrrole nitrogens is 1. The lowest BCUT2D eigenvalue weighted by molar-refractivity contribution is 0.0695. The summed E-state index contributed by atoms with van der Waals surface area (Å²) in [6.07, 6.45) is 0. The Hall–Kier alpha value is -2.90. The van der Waals surface area contributed by atoms with Gasteiger partial charge in [0.05, 0.1) is 12.1 Å². The van der Waals surface area contributed by atoms with Crippen molar-refractivity contribution in [3.05, 3.63) is 51.4 Å². The van der Waals surface area contributed by atoms with E-state index in [4.69, 9.17) is 5.11 Å². The summed E-state index contributed by atoms with van der Waals surface area (Å²) in [6.45, 7) is 1.59. The fourth-order valence-corrected chi connectivity index (χ4v) is 1.48. The van der Waals surface area contributed by atoms with Crippen LogP contribution in [0.2, 0.25) is 0 Å². The molecule has 0 amide bonds. The molecule has 1 heterocycles. The number of rotatable bonds is 4. The molecule has 0 saturated carbocycles. The molecule has 0 aliphatic heterocycles. The number of carboxylic acid groups (broad SMARTS) is 1. The van der Waals surface area contributed by atoms with Gasteiger partial charge in [-0.15, -0.1) is 15.3 Å². The van der Waals surface area contributed by atoms with Crippen molar-refractivity contribution in [2.75, 3.05) is 0 Å². The minimum absolute atomic E-state index is 0.0200. The Balaban J connectivity index is 2.16. The van der Waals surface area contributed by atoms with Gasteiger partial charge in [0, 0.05) is 0 Å². The van der Waals surface area contributed by atoms with Crippen LogP contribution in [0, 0.1) is 6.92 Å². The Morgan fingerprint density at radius 3 is 2.80 bits per heavy atom. The Bertz CT molecular complexity index is 723. The van der Waals surface area contributed by atoms with Crippen molar-refractivity contribution in [1.29, 1.82) is 0 Å². The SMILES string of the molecule is Cc1nnc(N=NCc2ccccc2C(=O)O)[nH]c1=O. The van der Waals surface area contributed by atoms with Crippen molar-refractivity contribution in [3.8, 4) is 0 Å². The number of hydrogen-bond acceptors (Lipinski definition) is 6. The van der Waals surface area contributed by atoms with Gasteiger partial charge in [-0.05, 0) is 18.6 Å². The highest BCUT2D eigenvalue weighted by atomic mass is 16.4. The van der Waals surface area contributed by atoms with Crippen LogP contribution in [-0.2, 0) is 6.54 Å². The maximum atomic E-state index is 11.3. The topological polar surface area (TPSA) is 121 Å². The van der Waals surface area contributed by atoms with E-state index in [0.717, 1.165) is 0 Å². The normalized spacial score (nSPS) is 10.8. The minimum atomic E-state index is -1.03. The van der Waals surface area contributed by atoms with E-state index >= 15 is 0 Å². The fourth-order valence-electron chi connectivity index (χ4n) is 1.48. The first-order valence-electron chi connectivity index (χ1n) is 5.70. The predicted octanol–water partition coefficient (Wildman–Crippen LogP) is 1.46. The molecule has 0 saturated heterocycles. The number of nitrogens with zero attached hydrogens (tertiary/aromatic N) is 4.